The van der Waals surface area contributed by atoms with Crippen LogP contribution in [0.4, 0.5) is 18.9 Å². The Hall–Kier alpha value is -3.60. The maximum absolute atomic E-state index is 13.2. The van der Waals surface area contributed by atoms with Gasteiger partial charge in [-0.25, -0.2) is 8.42 Å². The van der Waals surface area contributed by atoms with Crippen LogP contribution in [0.1, 0.15) is 25.3 Å². The molecule has 0 amide bonds. The maximum Gasteiger partial charge on any atom is 0.451 e. The van der Waals surface area contributed by atoms with Crippen molar-refractivity contribution in [3.8, 4) is 5.75 Å². The summed E-state index contributed by atoms with van der Waals surface area (Å²) in [5, 5.41) is 11.6. The predicted molar refractivity (Wildman–Crippen MR) is 118 cm³/mol. The largest absolute Gasteiger partial charge is 0.508 e. The number of hydrogen-bond acceptors (Lipinski definition) is 6. The van der Waals surface area contributed by atoms with Gasteiger partial charge in [-0.1, -0.05) is 30.3 Å². The lowest BCUT2D eigenvalue weighted by atomic mass is 9.93. The van der Waals surface area contributed by atoms with Crippen molar-refractivity contribution in [3.63, 3.8) is 0 Å². The molecule has 0 radical (unpaired) electrons. The summed E-state index contributed by atoms with van der Waals surface area (Å²) in [4.78, 5) is 24.2. The summed E-state index contributed by atoms with van der Waals surface area (Å²) in [6, 6.07) is 14.1. The van der Waals surface area contributed by atoms with Crippen molar-refractivity contribution in [2.45, 2.75) is 36.9 Å². The van der Waals surface area contributed by atoms with E-state index in [2.05, 4.69) is 4.72 Å². The van der Waals surface area contributed by atoms with E-state index in [1.54, 1.807) is 30.3 Å². The second kappa shape index (κ2) is 9.34. The number of sulfonamides is 1. The van der Waals surface area contributed by atoms with Crippen LogP contribution >= 0.6 is 0 Å². The Bertz CT molecular complexity index is 1350. The molecule has 1 atom stereocenters. The van der Waals surface area contributed by atoms with Crippen molar-refractivity contribution in [2.24, 2.45) is 0 Å². The zero-order chi connectivity index (χ0) is 25.3. The van der Waals surface area contributed by atoms with Gasteiger partial charge in [0.15, 0.2) is 5.92 Å². The molecule has 34 heavy (non-hydrogen) atoms. The fourth-order valence-corrected chi connectivity index (χ4v) is 4.32. The molecule has 0 saturated carbocycles. The number of halogens is 3. The van der Waals surface area contributed by atoms with Gasteiger partial charge in [-0.05, 0) is 55.0 Å². The molecule has 0 bridgehead atoms. The highest BCUT2D eigenvalue weighted by Crippen LogP contribution is 2.36. The van der Waals surface area contributed by atoms with E-state index in [0.717, 1.165) is 23.6 Å². The monoisotopic (exact) mass is 495 g/mol. The van der Waals surface area contributed by atoms with Gasteiger partial charge in [0, 0.05) is 11.3 Å². The maximum atomic E-state index is 13.2. The van der Waals surface area contributed by atoms with E-state index in [0.29, 0.717) is 5.39 Å². The van der Waals surface area contributed by atoms with Crippen LogP contribution in [0.2, 0.25) is 0 Å². The van der Waals surface area contributed by atoms with Crippen LogP contribution in [0, 0.1) is 0 Å². The Morgan fingerprint density at radius 1 is 0.971 bits per heavy atom. The van der Waals surface area contributed by atoms with Crippen LogP contribution in [0.5, 0.6) is 5.75 Å². The number of phenols is 1. The topological polar surface area (TPSA) is 110 Å². The number of carbonyl (C=O) groups excluding carboxylic acids is 2. The third kappa shape index (κ3) is 5.48. The molecule has 3 aromatic rings. The molecule has 3 rings (SSSR count). The van der Waals surface area contributed by atoms with Crippen LogP contribution < -0.4 is 4.72 Å². The van der Waals surface area contributed by atoms with E-state index < -0.39 is 51.3 Å². The average Bonchev–Trinajstić information content (AvgIpc) is 2.74. The summed E-state index contributed by atoms with van der Waals surface area (Å²) >= 11 is 0. The third-order valence-electron chi connectivity index (χ3n) is 4.75. The first kappa shape index (κ1) is 25.0. The molecule has 180 valence electrons. The SMILES string of the molecule is CC(C)OC(=O)[C@H](C(=O)C(F)(F)F)c1cc(NS(=O)(=O)c2ccc3ccccc3c2)ccc1O. The number of nitrogens with one attached hydrogen (secondary N) is 1. The first-order valence-electron chi connectivity index (χ1n) is 9.95. The number of phenolic OH excluding ortho intramolecular Hbond substituents is 1. The van der Waals surface area contributed by atoms with Crippen LogP contribution in [0.3, 0.4) is 0 Å². The molecule has 3 aromatic carbocycles. The summed E-state index contributed by atoms with van der Waals surface area (Å²) < 4.78 is 72.3. The minimum Gasteiger partial charge on any atom is -0.508 e. The zero-order valence-corrected chi connectivity index (χ0v) is 18.8. The quantitative estimate of drug-likeness (QED) is 0.284. The van der Waals surface area contributed by atoms with Gasteiger partial charge in [-0.3, -0.25) is 14.3 Å². The number of carbonyl (C=O) groups is 2. The van der Waals surface area contributed by atoms with Gasteiger partial charge < -0.3 is 9.84 Å². The molecule has 0 saturated heterocycles. The molecule has 0 aliphatic rings. The number of ketones is 1. The van der Waals surface area contributed by atoms with E-state index in [1.807, 2.05) is 0 Å². The van der Waals surface area contributed by atoms with Gasteiger partial charge in [0.2, 0.25) is 0 Å². The Kier molecular flexibility index (Phi) is 6.87. The van der Waals surface area contributed by atoms with Crippen LogP contribution in [0.25, 0.3) is 10.8 Å². The van der Waals surface area contributed by atoms with Gasteiger partial charge in [0.25, 0.3) is 15.8 Å². The number of Topliss-reactive ketones (excluding diaryl/α,β-unsaturated/α-hetero) is 1. The van der Waals surface area contributed by atoms with E-state index in [9.17, 15) is 36.3 Å². The summed E-state index contributed by atoms with van der Waals surface area (Å²) in [5.41, 5.74) is -1.01. The fourth-order valence-electron chi connectivity index (χ4n) is 3.24. The summed E-state index contributed by atoms with van der Waals surface area (Å²) in [5.74, 6) is -7.32. The highest BCUT2D eigenvalue weighted by Gasteiger charge is 2.48. The first-order chi connectivity index (χ1) is 15.8. The van der Waals surface area contributed by atoms with Crippen LogP contribution in [0.15, 0.2) is 65.6 Å². The van der Waals surface area contributed by atoms with Gasteiger partial charge in [0.1, 0.15) is 5.75 Å². The van der Waals surface area contributed by atoms with E-state index in [-0.39, 0.29) is 10.6 Å². The standard InChI is InChI=1S/C23H20F3NO6S/c1-13(2)33-22(30)20(21(29)23(24,25)26)18-12-16(8-10-19(18)28)27-34(31,32)17-9-7-14-5-3-4-6-15(14)11-17/h3-13,20,27-28H,1-2H3/t20-/m0/s1. The van der Waals surface area contributed by atoms with Crippen molar-refractivity contribution in [1.82, 2.24) is 0 Å². The second-order valence-electron chi connectivity index (χ2n) is 7.67. The number of aromatic hydroxyl groups is 1. The molecule has 7 nitrogen and oxygen atoms in total. The van der Waals surface area contributed by atoms with Crippen LogP contribution in [-0.2, 0) is 24.3 Å². The number of esters is 1. The van der Waals surface area contributed by atoms with E-state index in [4.69, 9.17) is 4.74 Å². The third-order valence-corrected chi connectivity index (χ3v) is 6.13. The van der Waals surface area contributed by atoms with Crippen molar-refractivity contribution in [2.75, 3.05) is 4.72 Å². The molecule has 2 N–H and O–H groups in total. The normalized spacial score (nSPS) is 13.0. The highest BCUT2D eigenvalue weighted by atomic mass is 32.2. The Morgan fingerprint density at radius 3 is 2.24 bits per heavy atom. The van der Waals surface area contributed by atoms with Gasteiger partial charge in [-0.2, -0.15) is 13.2 Å². The first-order valence-corrected chi connectivity index (χ1v) is 11.4. The lowest BCUT2D eigenvalue weighted by molar-refractivity contribution is -0.178. The van der Waals surface area contributed by atoms with Crippen molar-refractivity contribution < 1.29 is 41.0 Å². The molecule has 0 heterocycles. The average molecular weight is 495 g/mol. The molecule has 0 spiro atoms. The number of ether oxygens (including phenoxy) is 1. The molecule has 0 aliphatic heterocycles. The lowest BCUT2D eigenvalue weighted by Gasteiger charge is -2.20. The van der Waals surface area contributed by atoms with Crippen molar-refractivity contribution >= 4 is 38.2 Å². The number of anilines is 1. The van der Waals surface area contributed by atoms with Crippen molar-refractivity contribution in [1.29, 1.82) is 0 Å². The number of benzene rings is 3. The second-order valence-corrected chi connectivity index (χ2v) is 9.35. The van der Waals surface area contributed by atoms with Gasteiger partial charge in [-0.15, -0.1) is 0 Å². The Balaban J connectivity index is 2.01. The molecular formula is C23H20F3NO6S. The van der Waals surface area contributed by atoms with Gasteiger partial charge >= 0.3 is 12.1 Å². The molecule has 0 aliphatic carbocycles. The molecule has 11 heteroatoms. The molecule has 0 unspecified atom stereocenters. The van der Waals surface area contributed by atoms with E-state index in [1.165, 1.54) is 26.0 Å². The highest BCUT2D eigenvalue weighted by molar-refractivity contribution is 7.92. The van der Waals surface area contributed by atoms with Gasteiger partial charge in [0.05, 0.1) is 11.0 Å². The molecule has 0 aromatic heterocycles. The van der Waals surface area contributed by atoms with E-state index >= 15 is 0 Å². The molecular weight excluding hydrogens is 475 g/mol. The Labute approximate surface area is 193 Å². The smallest absolute Gasteiger partial charge is 0.451 e. The summed E-state index contributed by atoms with van der Waals surface area (Å²) in [6.45, 7) is 2.75. The summed E-state index contributed by atoms with van der Waals surface area (Å²) in [7, 11) is -4.20. The number of rotatable bonds is 7. The molecule has 0 fully saturated rings. The lowest BCUT2D eigenvalue weighted by Crippen LogP contribution is -2.35. The number of fused-ring (bicyclic) bond motifs is 1. The van der Waals surface area contributed by atoms with Crippen LogP contribution in [-0.4, -0.2) is 37.6 Å². The zero-order valence-electron chi connectivity index (χ0n) is 18.0. The predicted octanol–water partition coefficient (Wildman–Crippen LogP) is 4.51. The number of alkyl halides is 3. The Morgan fingerprint density at radius 2 is 1.62 bits per heavy atom. The minimum absolute atomic E-state index is 0.122. The fraction of sp³-hybridized carbons (Fsp3) is 0.217. The van der Waals surface area contributed by atoms with Crippen molar-refractivity contribution in [3.05, 3.63) is 66.2 Å². The summed E-state index contributed by atoms with van der Waals surface area (Å²) in [6.07, 6.45) is -6.25. The minimum atomic E-state index is -5.41. The number of hydrogen-bond donors (Lipinski definition) is 2.